The lowest BCUT2D eigenvalue weighted by Gasteiger charge is -2.25. The molecule has 15 heavy (non-hydrogen) atoms. The van der Waals surface area contributed by atoms with E-state index in [1.165, 1.54) is 32.0 Å². The second kappa shape index (κ2) is 4.51. The van der Waals surface area contributed by atoms with Crippen molar-refractivity contribution >= 4 is 28.4 Å². The van der Waals surface area contributed by atoms with Gasteiger partial charge in [-0.1, -0.05) is 12.8 Å². The average Bonchev–Trinajstić information content (AvgIpc) is 2.74. The first-order valence-corrected chi connectivity index (χ1v) is 6.24. The Hall–Kier alpha value is -0.590. The second-order valence-corrected chi connectivity index (χ2v) is 5.00. The first-order valence-electron chi connectivity index (χ1n) is 5.16. The van der Waals surface area contributed by atoms with Gasteiger partial charge in [-0.25, -0.2) is 4.98 Å². The fourth-order valence-corrected chi connectivity index (χ4v) is 2.76. The highest BCUT2D eigenvalue weighted by Gasteiger charge is 2.22. The van der Waals surface area contributed by atoms with Crippen molar-refractivity contribution in [3.8, 4) is 0 Å². The molecule has 1 aliphatic carbocycles. The van der Waals surface area contributed by atoms with Crippen LogP contribution in [0.1, 0.15) is 25.7 Å². The summed E-state index contributed by atoms with van der Waals surface area (Å²) in [6.07, 6.45) is 6.47. The zero-order valence-corrected chi connectivity index (χ0v) is 10.8. The highest BCUT2D eigenvalue weighted by Crippen LogP contribution is 2.26. The van der Waals surface area contributed by atoms with Crippen LogP contribution in [0.15, 0.2) is 11.1 Å². The van der Waals surface area contributed by atoms with Crippen molar-refractivity contribution in [2.24, 2.45) is 0 Å². The molecular weight excluding hydrogens is 305 g/mol. The number of aromatic nitrogens is 2. The van der Waals surface area contributed by atoms with Crippen LogP contribution in [0.4, 0.5) is 5.82 Å². The summed E-state index contributed by atoms with van der Waals surface area (Å²) in [5, 5.41) is 0. The summed E-state index contributed by atoms with van der Waals surface area (Å²) in [4.78, 5) is 20.4. The van der Waals surface area contributed by atoms with Crippen LogP contribution in [0.3, 0.4) is 0 Å². The molecule has 1 fully saturated rings. The number of H-pyrrole nitrogens is 1. The number of hydrogen-bond donors (Lipinski definition) is 1. The van der Waals surface area contributed by atoms with Gasteiger partial charge in [0.15, 0.2) is 0 Å². The minimum Gasteiger partial charge on any atom is -0.356 e. The molecule has 0 spiro atoms. The summed E-state index contributed by atoms with van der Waals surface area (Å²) in [5.41, 5.74) is -0.0505. The van der Waals surface area contributed by atoms with Crippen LogP contribution >= 0.6 is 22.6 Å². The molecule has 4 nitrogen and oxygen atoms in total. The molecule has 0 saturated heterocycles. The van der Waals surface area contributed by atoms with Gasteiger partial charge in [0.2, 0.25) is 0 Å². The third kappa shape index (κ3) is 2.16. The number of nitrogens with zero attached hydrogens (tertiary/aromatic N) is 2. The summed E-state index contributed by atoms with van der Waals surface area (Å²) in [6.45, 7) is 0. The lowest BCUT2D eigenvalue weighted by Crippen LogP contribution is -2.32. The molecule has 1 heterocycles. The van der Waals surface area contributed by atoms with Gasteiger partial charge in [0.05, 0.1) is 6.33 Å². The molecule has 0 radical (unpaired) electrons. The fourth-order valence-electron chi connectivity index (χ4n) is 2.08. The van der Waals surface area contributed by atoms with Crippen molar-refractivity contribution in [3.05, 3.63) is 20.3 Å². The first-order chi connectivity index (χ1) is 7.20. The van der Waals surface area contributed by atoms with Crippen LogP contribution < -0.4 is 10.5 Å². The first kappa shape index (κ1) is 10.9. The molecule has 5 heteroatoms. The summed E-state index contributed by atoms with van der Waals surface area (Å²) in [5.74, 6) is 0.811. The summed E-state index contributed by atoms with van der Waals surface area (Å²) >= 11 is 2.06. The highest BCUT2D eigenvalue weighted by molar-refractivity contribution is 14.1. The van der Waals surface area contributed by atoms with E-state index in [-0.39, 0.29) is 5.56 Å². The normalized spacial score (nSPS) is 16.9. The maximum atomic E-state index is 11.4. The van der Waals surface area contributed by atoms with Gasteiger partial charge < -0.3 is 9.88 Å². The SMILES string of the molecule is CN(c1nc[nH]c(=O)c1I)C1CCCC1. The van der Waals surface area contributed by atoms with Crippen molar-refractivity contribution < 1.29 is 0 Å². The number of hydrogen-bond acceptors (Lipinski definition) is 3. The fraction of sp³-hybridized carbons (Fsp3) is 0.600. The number of halogens is 1. The van der Waals surface area contributed by atoms with Crippen molar-refractivity contribution in [1.29, 1.82) is 0 Å². The van der Waals surface area contributed by atoms with Crippen molar-refractivity contribution in [3.63, 3.8) is 0 Å². The lowest BCUT2D eigenvalue weighted by molar-refractivity contribution is 0.643. The van der Waals surface area contributed by atoms with E-state index in [0.29, 0.717) is 9.61 Å². The Balaban J connectivity index is 2.28. The number of rotatable bonds is 2. The van der Waals surface area contributed by atoms with E-state index in [2.05, 4.69) is 37.5 Å². The highest BCUT2D eigenvalue weighted by atomic mass is 127. The van der Waals surface area contributed by atoms with Crippen molar-refractivity contribution in [1.82, 2.24) is 9.97 Å². The van der Waals surface area contributed by atoms with Gasteiger partial charge >= 0.3 is 0 Å². The molecule has 2 rings (SSSR count). The van der Waals surface area contributed by atoms with Crippen LogP contribution in [0.25, 0.3) is 0 Å². The number of aromatic amines is 1. The van der Waals surface area contributed by atoms with Crippen LogP contribution in [-0.4, -0.2) is 23.1 Å². The molecule has 0 bridgehead atoms. The standard InChI is InChI=1S/C10H14IN3O/c1-14(7-4-2-3-5-7)9-8(11)10(15)13-6-12-9/h6-7H,2-5H2,1H3,(H,12,13,15). The van der Waals surface area contributed by atoms with E-state index >= 15 is 0 Å². The molecule has 1 saturated carbocycles. The minimum absolute atomic E-state index is 0.0505. The van der Waals surface area contributed by atoms with E-state index in [0.717, 1.165) is 5.82 Å². The Bertz CT molecular complexity index is 398. The van der Waals surface area contributed by atoms with Gasteiger partial charge in [0.25, 0.3) is 5.56 Å². The van der Waals surface area contributed by atoms with E-state index in [9.17, 15) is 4.79 Å². The maximum Gasteiger partial charge on any atom is 0.266 e. The Morgan fingerprint density at radius 1 is 1.53 bits per heavy atom. The quantitative estimate of drug-likeness (QED) is 0.845. The molecule has 1 aromatic rings. The molecule has 0 aromatic carbocycles. The topological polar surface area (TPSA) is 49.0 Å². The van der Waals surface area contributed by atoms with Crippen LogP contribution in [0.2, 0.25) is 0 Å². The largest absolute Gasteiger partial charge is 0.356 e. The van der Waals surface area contributed by atoms with Gasteiger partial charge in [-0.3, -0.25) is 4.79 Å². The smallest absolute Gasteiger partial charge is 0.266 e. The molecule has 1 aliphatic rings. The molecule has 0 amide bonds. The zero-order valence-electron chi connectivity index (χ0n) is 8.66. The molecule has 0 unspecified atom stereocenters. The lowest BCUT2D eigenvalue weighted by atomic mass is 10.2. The predicted octanol–water partition coefficient (Wildman–Crippen LogP) is 1.75. The summed E-state index contributed by atoms with van der Waals surface area (Å²) in [6, 6.07) is 0.549. The van der Waals surface area contributed by atoms with E-state index in [1.807, 2.05) is 7.05 Å². The maximum absolute atomic E-state index is 11.4. The monoisotopic (exact) mass is 319 g/mol. The van der Waals surface area contributed by atoms with Crippen LogP contribution in [0, 0.1) is 3.57 Å². The van der Waals surface area contributed by atoms with E-state index in [1.54, 1.807) is 0 Å². The minimum atomic E-state index is -0.0505. The zero-order chi connectivity index (χ0) is 10.8. The van der Waals surface area contributed by atoms with Crippen LogP contribution in [-0.2, 0) is 0 Å². The molecule has 0 atom stereocenters. The third-order valence-electron chi connectivity index (χ3n) is 2.98. The van der Waals surface area contributed by atoms with Crippen molar-refractivity contribution in [2.45, 2.75) is 31.7 Å². The summed E-state index contributed by atoms with van der Waals surface area (Å²) < 4.78 is 0.685. The molecular formula is C10H14IN3O. The van der Waals surface area contributed by atoms with Gasteiger partial charge in [0.1, 0.15) is 9.39 Å². The van der Waals surface area contributed by atoms with E-state index in [4.69, 9.17) is 0 Å². The Kier molecular flexibility index (Phi) is 3.28. The Morgan fingerprint density at radius 3 is 2.87 bits per heavy atom. The van der Waals surface area contributed by atoms with Gasteiger partial charge in [-0.05, 0) is 35.4 Å². The van der Waals surface area contributed by atoms with E-state index < -0.39 is 0 Å². The average molecular weight is 319 g/mol. The van der Waals surface area contributed by atoms with Crippen LogP contribution in [0.5, 0.6) is 0 Å². The molecule has 1 aromatic heterocycles. The van der Waals surface area contributed by atoms with Gasteiger partial charge in [0, 0.05) is 13.1 Å². The summed E-state index contributed by atoms with van der Waals surface area (Å²) in [7, 11) is 2.03. The third-order valence-corrected chi connectivity index (χ3v) is 3.96. The molecule has 82 valence electrons. The Labute approximate surface area is 102 Å². The van der Waals surface area contributed by atoms with Gasteiger partial charge in [-0.15, -0.1) is 0 Å². The second-order valence-electron chi connectivity index (χ2n) is 3.92. The van der Waals surface area contributed by atoms with Gasteiger partial charge in [-0.2, -0.15) is 0 Å². The number of nitrogens with one attached hydrogen (secondary N) is 1. The number of anilines is 1. The van der Waals surface area contributed by atoms with Crippen molar-refractivity contribution in [2.75, 3.05) is 11.9 Å². The predicted molar refractivity (Wildman–Crippen MR) is 68.2 cm³/mol. The Morgan fingerprint density at radius 2 is 2.20 bits per heavy atom. The molecule has 1 N–H and O–H groups in total. The molecule has 0 aliphatic heterocycles.